The lowest BCUT2D eigenvalue weighted by atomic mass is 10.1. The SMILES string of the molecule is COc1nc(-c2ccc([C@H](C)OC)cc2)nn1C. The Balaban J connectivity index is 2.28. The minimum absolute atomic E-state index is 0.0882. The third kappa shape index (κ3) is 2.36. The molecule has 0 spiro atoms. The van der Waals surface area contributed by atoms with Gasteiger partial charge in [-0.05, 0) is 12.5 Å². The van der Waals surface area contributed by atoms with Crippen molar-refractivity contribution in [2.24, 2.45) is 7.05 Å². The molecule has 2 aromatic rings. The lowest BCUT2D eigenvalue weighted by molar-refractivity contribution is 0.119. The molecule has 0 unspecified atom stereocenters. The largest absolute Gasteiger partial charge is 0.467 e. The Morgan fingerprint density at radius 3 is 2.33 bits per heavy atom. The van der Waals surface area contributed by atoms with Gasteiger partial charge in [-0.2, -0.15) is 4.98 Å². The summed E-state index contributed by atoms with van der Waals surface area (Å²) in [6.45, 7) is 2.01. The summed E-state index contributed by atoms with van der Waals surface area (Å²) in [5.41, 5.74) is 2.09. The number of rotatable bonds is 4. The number of nitrogens with zero attached hydrogens (tertiary/aromatic N) is 3. The number of ether oxygens (including phenoxy) is 2. The molecule has 0 fully saturated rings. The molecule has 2 rings (SSSR count). The molecule has 0 aliphatic rings. The van der Waals surface area contributed by atoms with Crippen LogP contribution in [0.2, 0.25) is 0 Å². The number of aromatic nitrogens is 3. The average molecular weight is 247 g/mol. The van der Waals surface area contributed by atoms with Gasteiger partial charge >= 0.3 is 6.01 Å². The van der Waals surface area contributed by atoms with Crippen molar-refractivity contribution >= 4 is 0 Å². The van der Waals surface area contributed by atoms with Gasteiger partial charge in [-0.15, -0.1) is 5.10 Å². The summed E-state index contributed by atoms with van der Waals surface area (Å²) >= 11 is 0. The van der Waals surface area contributed by atoms with Crippen LogP contribution in [0.5, 0.6) is 6.01 Å². The minimum Gasteiger partial charge on any atom is -0.467 e. The Morgan fingerprint density at radius 1 is 1.17 bits per heavy atom. The lowest BCUT2D eigenvalue weighted by Gasteiger charge is -2.09. The third-order valence-corrected chi connectivity index (χ3v) is 2.90. The van der Waals surface area contributed by atoms with Crippen molar-refractivity contribution in [3.05, 3.63) is 29.8 Å². The first-order valence-electron chi connectivity index (χ1n) is 5.74. The number of hydrogen-bond acceptors (Lipinski definition) is 4. The van der Waals surface area contributed by atoms with Crippen molar-refractivity contribution in [2.45, 2.75) is 13.0 Å². The maximum Gasteiger partial charge on any atom is 0.314 e. The van der Waals surface area contributed by atoms with Crippen LogP contribution in [0.15, 0.2) is 24.3 Å². The quantitative estimate of drug-likeness (QED) is 0.831. The van der Waals surface area contributed by atoms with E-state index in [1.807, 2.05) is 31.2 Å². The van der Waals surface area contributed by atoms with Crippen molar-refractivity contribution in [3.8, 4) is 17.4 Å². The fourth-order valence-corrected chi connectivity index (χ4v) is 1.71. The second-order valence-electron chi connectivity index (χ2n) is 4.05. The maximum absolute atomic E-state index is 5.27. The fraction of sp³-hybridized carbons (Fsp3) is 0.385. The molecular formula is C13H17N3O2. The van der Waals surface area contributed by atoms with E-state index in [1.165, 1.54) is 0 Å². The Hall–Kier alpha value is -1.88. The van der Waals surface area contributed by atoms with Gasteiger partial charge in [0.05, 0.1) is 13.2 Å². The molecule has 0 radical (unpaired) electrons. The smallest absolute Gasteiger partial charge is 0.314 e. The molecule has 18 heavy (non-hydrogen) atoms. The van der Waals surface area contributed by atoms with Gasteiger partial charge < -0.3 is 9.47 Å². The van der Waals surface area contributed by atoms with E-state index in [-0.39, 0.29) is 6.10 Å². The van der Waals surface area contributed by atoms with Gasteiger partial charge in [-0.25, -0.2) is 4.68 Å². The van der Waals surface area contributed by atoms with Crippen LogP contribution in [0.1, 0.15) is 18.6 Å². The number of methoxy groups -OCH3 is 2. The van der Waals surface area contributed by atoms with Gasteiger partial charge in [-0.1, -0.05) is 24.3 Å². The molecule has 1 aromatic heterocycles. The number of aryl methyl sites for hydroxylation is 1. The van der Waals surface area contributed by atoms with E-state index in [2.05, 4.69) is 10.1 Å². The van der Waals surface area contributed by atoms with Crippen LogP contribution in [0, 0.1) is 0 Å². The normalized spacial score (nSPS) is 12.4. The molecule has 0 aliphatic heterocycles. The van der Waals surface area contributed by atoms with E-state index in [4.69, 9.17) is 9.47 Å². The molecule has 1 heterocycles. The second-order valence-corrected chi connectivity index (χ2v) is 4.05. The molecule has 0 amide bonds. The summed E-state index contributed by atoms with van der Waals surface area (Å²) in [6.07, 6.45) is 0.0882. The molecule has 0 aliphatic carbocycles. The van der Waals surface area contributed by atoms with E-state index < -0.39 is 0 Å². The highest BCUT2D eigenvalue weighted by atomic mass is 16.5. The summed E-state index contributed by atoms with van der Waals surface area (Å²) in [6, 6.07) is 8.51. The third-order valence-electron chi connectivity index (χ3n) is 2.90. The monoisotopic (exact) mass is 247 g/mol. The summed E-state index contributed by atoms with van der Waals surface area (Å²) in [7, 11) is 5.08. The van der Waals surface area contributed by atoms with Crippen LogP contribution in [-0.4, -0.2) is 29.0 Å². The standard InChI is InChI=1S/C13H17N3O2/c1-9(17-3)10-5-7-11(8-6-10)12-14-13(18-4)16(2)15-12/h5-9H,1-4H3/t9-/m0/s1. The maximum atomic E-state index is 5.27. The first-order valence-corrected chi connectivity index (χ1v) is 5.74. The van der Waals surface area contributed by atoms with Crippen molar-refractivity contribution in [3.63, 3.8) is 0 Å². The van der Waals surface area contributed by atoms with Gasteiger partial charge in [0.1, 0.15) is 0 Å². The molecule has 0 N–H and O–H groups in total. The van der Waals surface area contributed by atoms with E-state index in [9.17, 15) is 0 Å². The zero-order chi connectivity index (χ0) is 13.1. The van der Waals surface area contributed by atoms with Crippen LogP contribution in [-0.2, 0) is 11.8 Å². The molecule has 5 nitrogen and oxygen atoms in total. The predicted molar refractivity (Wildman–Crippen MR) is 68.4 cm³/mol. The van der Waals surface area contributed by atoms with E-state index in [0.29, 0.717) is 11.8 Å². The number of hydrogen-bond donors (Lipinski definition) is 0. The van der Waals surface area contributed by atoms with Crippen LogP contribution < -0.4 is 4.74 Å². The molecule has 5 heteroatoms. The molecule has 96 valence electrons. The first-order chi connectivity index (χ1) is 8.65. The van der Waals surface area contributed by atoms with Crippen LogP contribution >= 0.6 is 0 Å². The molecular weight excluding hydrogens is 230 g/mol. The van der Waals surface area contributed by atoms with Crippen LogP contribution in [0.3, 0.4) is 0 Å². The molecule has 1 atom stereocenters. The minimum atomic E-state index is 0.0882. The van der Waals surface area contributed by atoms with Crippen LogP contribution in [0.4, 0.5) is 0 Å². The Bertz CT molecular complexity index is 520. The highest BCUT2D eigenvalue weighted by Gasteiger charge is 2.10. The Labute approximate surface area is 106 Å². The first kappa shape index (κ1) is 12.6. The zero-order valence-corrected chi connectivity index (χ0v) is 11.0. The number of benzene rings is 1. The van der Waals surface area contributed by atoms with E-state index >= 15 is 0 Å². The van der Waals surface area contributed by atoms with E-state index in [1.54, 1.807) is 25.9 Å². The zero-order valence-electron chi connectivity index (χ0n) is 11.0. The topological polar surface area (TPSA) is 49.2 Å². The molecule has 0 bridgehead atoms. The van der Waals surface area contributed by atoms with Crippen molar-refractivity contribution in [1.82, 2.24) is 14.8 Å². The molecule has 0 saturated heterocycles. The summed E-state index contributed by atoms with van der Waals surface area (Å²) < 4.78 is 12.0. The van der Waals surface area contributed by atoms with Crippen molar-refractivity contribution in [2.75, 3.05) is 14.2 Å². The van der Waals surface area contributed by atoms with Gasteiger partial charge in [0.25, 0.3) is 0 Å². The summed E-state index contributed by atoms with van der Waals surface area (Å²) in [4.78, 5) is 4.29. The second kappa shape index (κ2) is 5.18. The molecule has 0 saturated carbocycles. The molecule has 1 aromatic carbocycles. The summed E-state index contributed by atoms with van der Waals surface area (Å²) in [5, 5.41) is 4.30. The lowest BCUT2D eigenvalue weighted by Crippen LogP contribution is -1.95. The Kier molecular flexibility index (Phi) is 3.62. The average Bonchev–Trinajstić information content (AvgIpc) is 2.79. The van der Waals surface area contributed by atoms with Gasteiger partial charge in [-0.3, -0.25) is 0 Å². The van der Waals surface area contributed by atoms with Gasteiger partial charge in [0.2, 0.25) is 0 Å². The van der Waals surface area contributed by atoms with E-state index in [0.717, 1.165) is 11.1 Å². The highest BCUT2D eigenvalue weighted by Crippen LogP contribution is 2.22. The Morgan fingerprint density at radius 2 is 1.83 bits per heavy atom. The van der Waals surface area contributed by atoms with Crippen molar-refractivity contribution < 1.29 is 9.47 Å². The van der Waals surface area contributed by atoms with Gasteiger partial charge in [0.15, 0.2) is 5.82 Å². The summed E-state index contributed by atoms with van der Waals surface area (Å²) in [5.74, 6) is 0.658. The van der Waals surface area contributed by atoms with Crippen LogP contribution in [0.25, 0.3) is 11.4 Å². The highest BCUT2D eigenvalue weighted by molar-refractivity contribution is 5.55. The van der Waals surface area contributed by atoms with Gasteiger partial charge in [0, 0.05) is 19.7 Å². The fourth-order valence-electron chi connectivity index (χ4n) is 1.71. The van der Waals surface area contributed by atoms with Crippen molar-refractivity contribution in [1.29, 1.82) is 0 Å². The predicted octanol–water partition coefficient (Wildman–Crippen LogP) is 2.20.